The summed E-state index contributed by atoms with van der Waals surface area (Å²) in [6, 6.07) is 10.2. The normalized spacial score (nSPS) is 11.2. The summed E-state index contributed by atoms with van der Waals surface area (Å²) in [5.74, 6) is 0.916. The number of amides is 1. The molecule has 0 aliphatic rings. The molecule has 10 nitrogen and oxygen atoms in total. The smallest absolute Gasteiger partial charge is 0.263 e. The third kappa shape index (κ3) is 9.14. The van der Waals surface area contributed by atoms with Crippen LogP contribution in [0.25, 0.3) is 0 Å². The fraction of sp³-hybridized carbons (Fsp3) is 0.348. The Morgan fingerprint density at radius 2 is 1.81 bits per heavy atom. The molecule has 200 valence electrons. The maximum Gasteiger partial charge on any atom is 0.263 e. The molecule has 0 unspecified atom stereocenters. The van der Waals surface area contributed by atoms with Crippen LogP contribution in [-0.2, 0) is 26.2 Å². The lowest BCUT2D eigenvalue weighted by Crippen LogP contribution is -2.28. The molecule has 0 bridgehead atoms. The number of hydrogen-bond donors (Lipinski definition) is 2. The van der Waals surface area contributed by atoms with Crippen LogP contribution in [0.5, 0.6) is 11.5 Å². The van der Waals surface area contributed by atoms with Crippen LogP contribution < -0.4 is 19.5 Å². The van der Waals surface area contributed by atoms with Gasteiger partial charge in [-0.1, -0.05) is 35.2 Å². The van der Waals surface area contributed by atoms with E-state index in [1.165, 1.54) is 56.3 Å². The quantitative estimate of drug-likeness (QED) is 0.208. The van der Waals surface area contributed by atoms with Gasteiger partial charge in [-0.15, -0.1) is 10.2 Å². The van der Waals surface area contributed by atoms with Gasteiger partial charge in [0.2, 0.25) is 11.0 Å². The van der Waals surface area contributed by atoms with Crippen molar-refractivity contribution in [3.05, 3.63) is 53.8 Å². The number of aromatic nitrogens is 2. The second-order valence-corrected chi connectivity index (χ2v) is 11.5. The van der Waals surface area contributed by atoms with Crippen molar-refractivity contribution in [3.63, 3.8) is 0 Å². The molecule has 0 atom stereocenters. The van der Waals surface area contributed by atoms with E-state index in [2.05, 4.69) is 20.2 Å². The first-order chi connectivity index (χ1) is 17.8. The average molecular weight is 571 g/mol. The van der Waals surface area contributed by atoms with Gasteiger partial charge in [-0.25, -0.2) is 12.8 Å². The fourth-order valence-electron chi connectivity index (χ4n) is 2.97. The lowest BCUT2D eigenvalue weighted by atomic mass is 10.2. The summed E-state index contributed by atoms with van der Waals surface area (Å²) in [5.41, 5.74) is 0.792. The zero-order chi connectivity index (χ0) is 26.7. The predicted molar refractivity (Wildman–Crippen MR) is 139 cm³/mol. The van der Waals surface area contributed by atoms with Crippen molar-refractivity contribution >= 4 is 44.2 Å². The van der Waals surface area contributed by atoms with Gasteiger partial charge in [-0.2, -0.15) is 0 Å². The topological polar surface area (TPSA) is 129 Å². The Morgan fingerprint density at radius 1 is 1.05 bits per heavy atom. The highest BCUT2D eigenvalue weighted by atomic mass is 32.2. The van der Waals surface area contributed by atoms with Crippen LogP contribution in [0.4, 0.5) is 9.52 Å². The highest BCUT2D eigenvalue weighted by Crippen LogP contribution is 2.31. The van der Waals surface area contributed by atoms with Crippen LogP contribution in [-0.4, -0.2) is 57.6 Å². The number of unbranched alkanes of at least 4 members (excludes halogenated alkanes) is 1. The third-order valence-electron chi connectivity index (χ3n) is 4.83. The minimum Gasteiger partial charge on any atom is -0.493 e. The van der Waals surface area contributed by atoms with Crippen molar-refractivity contribution in [2.75, 3.05) is 37.8 Å². The van der Waals surface area contributed by atoms with E-state index in [1.807, 2.05) is 0 Å². The van der Waals surface area contributed by atoms with Gasteiger partial charge in [0.15, 0.2) is 15.8 Å². The van der Waals surface area contributed by atoms with E-state index in [0.29, 0.717) is 22.4 Å². The van der Waals surface area contributed by atoms with E-state index < -0.39 is 10.0 Å². The molecule has 3 rings (SSSR count). The first-order valence-corrected chi connectivity index (χ1v) is 14.4. The first-order valence-electron chi connectivity index (χ1n) is 11.1. The van der Waals surface area contributed by atoms with E-state index >= 15 is 0 Å². The number of nitrogens with one attached hydrogen (secondary N) is 2. The summed E-state index contributed by atoms with van der Waals surface area (Å²) in [4.78, 5) is 11.9. The Hall–Kier alpha value is -2.94. The molecule has 0 saturated carbocycles. The van der Waals surface area contributed by atoms with E-state index in [-0.39, 0.29) is 35.0 Å². The van der Waals surface area contributed by atoms with Gasteiger partial charge in [0, 0.05) is 18.4 Å². The highest BCUT2D eigenvalue weighted by molar-refractivity contribution is 8.01. The molecular formula is C23H27FN4O6S3. The molecule has 0 saturated heterocycles. The number of nitrogens with zero attached hydrogens (tertiary/aromatic N) is 2. The largest absolute Gasteiger partial charge is 0.493 e. The third-order valence-corrected chi connectivity index (χ3v) is 8.35. The van der Waals surface area contributed by atoms with Gasteiger partial charge in [0.1, 0.15) is 12.4 Å². The molecule has 1 amide bonds. The molecule has 37 heavy (non-hydrogen) atoms. The number of methoxy groups -OCH3 is 2. The number of benzene rings is 2. The number of sulfonamides is 1. The van der Waals surface area contributed by atoms with Crippen LogP contribution >= 0.6 is 23.1 Å². The zero-order valence-electron chi connectivity index (χ0n) is 20.2. The lowest BCUT2D eigenvalue weighted by Gasteiger charge is -2.10. The van der Waals surface area contributed by atoms with Crippen molar-refractivity contribution in [2.24, 2.45) is 0 Å². The van der Waals surface area contributed by atoms with Crippen LogP contribution in [0.1, 0.15) is 18.4 Å². The van der Waals surface area contributed by atoms with Crippen molar-refractivity contribution in [2.45, 2.75) is 28.7 Å². The molecule has 0 aliphatic heterocycles. The van der Waals surface area contributed by atoms with E-state index in [9.17, 15) is 17.6 Å². The fourth-order valence-corrected chi connectivity index (χ4v) is 6.04. The summed E-state index contributed by atoms with van der Waals surface area (Å²) in [5, 5.41) is 10.9. The number of hydrogen-bond acceptors (Lipinski definition) is 10. The van der Waals surface area contributed by atoms with E-state index in [4.69, 9.17) is 14.2 Å². The summed E-state index contributed by atoms with van der Waals surface area (Å²) >= 11 is 2.59. The number of carbonyl (C=O) groups is 1. The molecule has 1 heterocycles. The molecule has 2 aromatic carbocycles. The Balaban J connectivity index is 1.33. The maximum absolute atomic E-state index is 12.9. The average Bonchev–Trinajstić information content (AvgIpc) is 3.33. The van der Waals surface area contributed by atoms with Crippen LogP contribution in [0.15, 0.2) is 51.7 Å². The minimum atomic E-state index is -3.88. The van der Waals surface area contributed by atoms with Crippen LogP contribution in [0.2, 0.25) is 0 Å². The van der Waals surface area contributed by atoms with Crippen LogP contribution in [0.3, 0.4) is 0 Å². The molecule has 0 aliphatic carbocycles. The van der Waals surface area contributed by atoms with E-state index in [0.717, 1.165) is 35.5 Å². The molecule has 2 N–H and O–H groups in total. The monoisotopic (exact) mass is 570 g/mol. The molecular weight excluding hydrogens is 543 g/mol. The first kappa shape index (κ1) is 28.6. The molecule has 1 aromatic heterocycles. The highest BCUT2D eigenvalue weighted by Gasteiger charge is 2.19. The van der Waals surface area contributed by atoms with Gasteiger partial charge in [0.25, 0.3) is 10.0 Å². The van der Waals surface area contributed by atoms with Crippen molar-refractivity contribution in [3.8, 4) is 11.5 Å². The van der Waals surface area contributed by atoms with Crippen molar-refractivity contribution < 1.29 is 31.8 Å². The Labute approximate surface area is 223 Å². The number of anilines is 1. The SMILES string of the molecule is COc1ccc(S(=O)(=O)Nc2nnc(SCCCCNC(=O)COCc3ccc(F)cc3)s2)cc1OC. The Bertz CT molecular complexity index is 1270. The van der Waals surface area contributed by atoms with Crippen molar-refractivity contribution in [1.82, 2.24) is 15.5 Å². The Kier molecular flexibility index (Phi) is 10.9. The van der Waals surface area contributed by atoms with Gasteiger partial charge in [-0.3, -0.25) is 9.52 Å². The summed E-state index contributed by atoms with van der Waals surface area (Å²) in [7, 11) is -0.980. The maximum atomic E-state index is 12.9. The van der Waals surface area contributed by atoms with Gasteiger partial charge in [0.05, 0.1) is 25.7 Å². The second kappa shape index (κ2) is 14.1. The number of rotatable bonds is 15. The Morgan fingerprint density at radius 3 is 2.54 bits per heavy atom. The van der Waals surface area contributed by atoms with Gasteiger partial charge in [-0.05, 0) is 42.7 Å². The molecule has 3 aromatic rings. The number of thioether (sulfide) groups is 1. The van der Waals surface area contributed by atoms with Gasteiger partial charge < -0.3 is 19.5 Å². The molecule has 0 fully saturated rings. The minimum absolute atomic E-state index is 0.0115. The molecule has 14 heteroatoms. The zero-order valence-corrected chi connectivity index (χ0v) is 22.7. The second-order valence-electron chi connectivity index (χ2n) is 7.52. The van der Waals surface area contributed by atoms with Crippen LogP contribution in [0, 0.1) is 5.82 Å². The number of halogens is 1. The number of ether oxygens (including phenoxy) is 3. The summed E-state index contributed by atoms with van der Waals surface area (Å²) < 4.78 is 56.9. The van der Waals surface area contributed by atoms with Crippen molar-refractivity contribution in [1.29, 1.82) is 0 Å². The molecule has 0 radical (unpaired) electrons. The van der Waals surface area contributed by atoms with Gasteiger partial charge >= 0.3 is 0 Å². The standard InChI is InChI=1S/C23H27FN4O6S3/c1-32-19-10-9-18(13-20(19)33-2)37(30,31)28-22-26-27-23(36-22)35-12-4-3-11-25-21(29)15-34-14-16-5-7-17(24)8-6-16/h5-10,13H,3-4,11-12,14-15H2,1-2H3,(H,25,29)(H,26,28). The lowest BCUT2D eigenvalue weighted by molar-refractivity contribution is -0.126. The molecule has 0 spiro atoms. The van der Waals surface area contributed by atoms with E-state index in [1.54, 1.807) is 12.1 Å². The predicted octanol–water partition coefficient (Wildman–Crippen LogP) is 3.70. The number of carbonyl (C=O) groups excluding carboxylic acids is 1. The summed E-state index contributed by atoms with van der Waals surface area (Å²) in [6.07, 6.45) is 1.57. The summed E-state index contributed by atoms with van der Waals surface area (Å²) in [6.45, 7) is 0.670.